The van der Waals surface area contributed by atoms with Crippen LogP contribution in [-0.4, -0.2) is 12.0 Å². The normalized spacial score (nSPS) is 11.6. The van der Waals surface area contributed by atoms with Gasteiger partial charge in [-0.1, -0.05) is 60.1 Å². The van der Waals surface area contributed by atoms with Crippen LogP contribution in [0.3, 0.4) is 0 Å². The minimum absolute atomic E-state index is 0.0600. The van der Waals surface area contributed by atoms with Gasteiger partial charge in [-0.05, 0) is 61.5 Å². The van der Waals surface area contributed by atoms with Crippen LogP contribution in [0.25, 0.3) is 22.3 Å². The molecule has 1 amide bonds. The molecular weight excluding hydrogens is 490 g/mol. The van der Waals surface area contributed by atoms with Crippen molar-refractivity contribution < 1.29 is 18.7 Å². The molecular formula is C30H22ClNO5. The number of hydrogen-bond acceptors (Lipinski definition) is 5. The first kappa shape index (κ1) is 24.2. The molecule has 7 heteroatoms. The number of hydrogen-bond donors (Lipinski definition) is 1. The van der Waals surface area contributed by atoms with E-state index in [9.17, 15) is 9.59 Å². The van der Waals surface area contributed by atoms with Crippen molar-refractivity contribution in [1.29, 1.82) is 0 Å². The third-order valence-corrected chi connectivity index (χ3v) is 5.85. The molecule has 0 aliphatic carbocycles. The molecule has 1 unspecified atom stereocenters. The summed E-state index contributed by atoms with van der Waals surface area (Å²) in [7, 11) is 0. The summed E-state index contributed by atoms with van der Waals surface area (Å²) in [5, 5.41) is 3.46. The van der Waals surface area contributed by atoms with Gasteiger partial charge in [0.15, 0.2) is 11.9 Å². The lowest BCUT2D eigenvalue weighted by atomic mass is 10.1. The summed E-state index contributed by atoms with van der Waals surface area (Å²) >= 11 is 6.11. The van der Waals surface area contributed by atoms with E-state index in [0.717, 1.165) is 0 Å². The molecule has 0 bridgehead atoms. The second kappa shape index (κ2) is 10.6. The molecule has 0 spiro atoms. The number of carbonyl (C=O) groups is 1. The second-order valence-corrected chi connectivity index (χ2v) is 8.72. The predicted octanol–water partition coefficient (Wildman–Crippen LogP) is 7.31. The van der Waals surface area contributed by atoms with Crippen molar-refractivity contribution >= 4 is 34.2 Å². The molecule has 0 saturated carbocycles. The Kier molecular flexibility index (Phi) is 6.92. The second-order valence-electron chi connectivity index (χ2n) is 8.28. The van der Waals surface area contributed by atoms with E-state index in [0.29, 0.717) is 33.4 Å². The van der Waals surface area contributed by atoms with Crippen LogP contribution in [0.1, 0.15) is 6.92 Å². The number of para-hydroxylation sites is 1. The van der Waals surface area contributed by atoms with E-state index >= 15 is 0 Å². The molecule has 0 aliphatic rings. The summed E-state index contributed by atoms with van der Waals surface area (Å²) in [4.78, 5) is 26.3. The Morgan fingerprint density at radius 2 is 1.51 bits per heavy atom. The van der Waals surface area contributed by atoms with Crippen molar-refractivity contribution in [3.63, 3.8) is 0 Å². The van der Waals surface area contributed by atoms with Gasteiger partial charge in [-0.25, -0.2) is 0 Å². The Labute approximate surface area is 218 Å². The molecule has 1 aromatic heterocycles. The van der Waals surface area contributed by atoms with Gasteiger partial charge in [0.1, 0.15) is 17.1 Å². The lowest BCUT2D eigenvalue weighted by Gasteiger charge is -2.17. The lowest BCUT2D eigenvalue weighted by Crippen LogP contribution is -2.31. The standard InChI is InChI=1S/C30H22ClNO5/c1-19(30(34)32-22-13-15-24(16-14-22)36-23-10-6-3-7-11-23)35-29-27(33)25-18-21(31)12-17-26(25)37-28(29)20-8-4-2-5-9-20/h2-19H,1H3,(H,32,34). The summed E-state index contributed by atoms with van der Waals surface area (Å²) in [6.45, 7) is 1.57. The average molecular weight is 512 g/mol. The number of amides is 1. The topological polar surface area (TPSA) is 77.8 Å². The summed E-state index contributed by atoms with van der Waals surface area (Å²) in [6, 6.07) is 30.3. The van der Waals surface area contributed by atoms with Crippen LogP contribution in [0, 0.1) is 0 Å². The third-order valence-electron chi connectivity index (χ3n) is 5.61. The van der Waals surface area contributed by atoms with Gasteiger partial charge in [-0.2, -0.15) is 0 Å². The molecule has 1 heterocycles. The first-order valence-electron chi connectivity index (χ1n) is 11.6. The van der Waals surface area contributed by atoms with Crippen molar-refractivity contribution in [2.75, 3.05) is 5.32 Å². The molecule has 0 saturated heterocycles. The first-order valence-corrected chi connectivity index (χ1v) is 12.0. The molecule has 5 rings (SSSR count). The van der Waals surface area contributed by atoms with Crippen molar-refractivity contribution in [1.82, 2.24) is 0 Å². The van der Waals surface area contributed by atoms with Crippen LogP contribution in [0.15, 0.2) is 112 Å². The minimum Gasteiger partial charge on any atom is -0.473 e. The molecule has 37 heavy (non-hydrogen) atoms. The molecule has 1 N–H and O–H groups in total. The number of rotatable bonds is 7. The van der Waals surface area contributed by atoms with E-state index in [-0.39, 0.29) is 16.9 Å². The lowest BCUT2D eigenvalue weighted by molar-refractivity contribution is -0.122. The summed E-state index contributed by atoms with van der Waals surface area (Å²) in [5.41, 5.74) is 1.16. The number of nitrogens with one attached hydrogen (secondary N) is 1. The van der Waals surface area contributed by atoms with E-state index < -0.39 is 17.4 Å². The van der Waals surface area contributed by atoms with Gasteiger partial charge < -0.3 is 19.2 Å². The Balaban J connectivity index is 1.37. The number of carbonyl (C=O) groups excluding carboxylic acids is 1. The summed E-state index contributed by atoms with van der Waals surface area (Å²) in [6.07, 6.45) is -0.998. The monoisotopic (exact) mass is 511 g/mol. The molecule has 0 radical (unpaired) electrons. The Morgan fingerprint density at radius 1 is 0.865 bits per heavy atom. The van der Waals surface area contributed by atoms with Crippen molar-refractivity contribution in [2.24, 2.45) is 0 Å². The minimum atomic E-state index is -0.998. The average Bonchev–Trinajstić information content (AvgIpc) is 2.92. The number of benzene rings is 4. The fraction of sp³-hybridized carbons (Fsp3) is 0.0667. The van der Waals surface area contributed by atoms with Crippen molar-refractivity contribution in [3.05, 3.63) is 118 Å². The maximum Gasteiger partial charge on any atom is 0.265 e. The SMILES string of the molecule is CC(Oc1c(-c2ccccc2)oc2ccc(Cl)cc2c1=O)C(=O)Nc1ccc(Oc2ccccc2)cc1. The highest BCUT2D eigenvalue weighted by Crippen LogP contribution is 2.32. The third kappa shape index (κ3) is 5.50. The zero-order valence-electron chi connectivity index (χ0n) is 19.8. The number of fused-ring (bicyclic) bond motifs is 1. The molecule has 184 valence electrons. The van der Waals surface area contributed by atoms with Crippen LogP contribution >= 0.6 is 11.6 Å². The molecule has 4 aromatic carbocycles. The number of anilines is 1. The molecule has 0 fully saturated rings. The smallest absolute Gasteiger partial charge is 0.265 e. The maximum atomic E-state index is 13.4. The summed E-state index contributed by atoms with van der Waals surface area (Å²) < 4.78 is 17.8. The van der Waals surface area contributed by atoms with E-state index in [2.05, 4.69) is 5.32 Å². The van der Waals surface area contributed by atoms with Crippen LogP contribution in [0.5, 0.6) is 17.2 Å². The largest absolute Gasteiger partial charge is 0.473 e. The van der Waals surface area contributed by atoms with Gasteiger partial charge in [0.2, 0.25) is 11.2 Å². The quantitative estimate of drug-likeness (QED) is 0.248. The van der Waals surface area contributed by atoms with Crippen molar-refractivity contribution in [3.8, 4) is 28.6 Å². The van der Waals surface area contributed by atoms with Crippen LogP contribution < -0.4 is 20.2 Å². The Morgan fingerprint density at radius 3 is 2.22 bits per heavy atom. The van der Waals surface area contributed by atoms with Gasteiger partial charge in [-0.15, -0.1) is 0 Å². The summed E-state index contributed by atoms with van der Waals surface area (Å²) in [5.74, 6) is 1.10. The van der Waals surface area contributed by atoms with Crippen LogP contribution in [0.2, 0.25) is 5.02 Å². The highest BCUT2D eigenvalue weighted by molar-refractivity contribution is 6.31. The molecule has 0 aliphatic heterocycles. The maximum absolute atomic E-state index is 13.4. The van der Waals surface area contributed by atoms with Gasteiger partial charge >= 0.3 is 0 Å². The Bertz CT molecular complexity index is 1600. The predicted molar refractivity (Wildman–Crippen MR) is 145 cm³/mol. The number of ether oxygens (including phenoxy) is 2. The highest BCUT2D eigenvalue weighted by Gasteiger charge is 2.23. The highest BCUT2D eigenvalue weighted by atomic mass is 35.5. The van der Waals surface area contributed by atoms with E-state index in [1.807, 2.05) is 48.5 Å². The molecule has 1 atom stereocenters. The van der Waals surface area contributed by atoms with Gasteiger partial charge in [0, 0.05) is 16.3 Å². The van der Waals surface area contributed by atoms with Crippen LogP contribution in [-0.2, 0) is 4.79 Å². The fourth-order valence-corrected chi connectivity index (χ4v) is 3.91. The molecule has 6 nitrogen and oxygen atoms in total. The number of halogens is 1. The van der Waals surface area contributed by atoms with Gasteiger partial charge in [0.05, 0.1) is 5.39 Å². The van der Waals surface area contributed by atoms with E-state index in [1.165, 1.54) is 6.07 Å². The first-order chi connectivity index (χ1) is 18.0. The van der Waals surface area contributed by atoms with Gasteiger partial charge in [-0.3, -0.25) is 9.59 Å². The van der Waals surface area contributed by atoms with Crippen molar-refractivity contribution in [2.45, 2.75) is 13.0 Å². The van der Waals surface area contributed by atoms with Gasteiger partial charge in [0.25, 0.3) is 5.91 Å². The van der Waals surface area contributed by atoms with E-state index in [4.69, 9.17) is 25.5 Å². The fourth-order valence-electron chi connectivity index (χ4n) is 3.74. The van der Waals surface area contributed by atoms with Crippen LogP contribution in [0.4, 0.5) is 5.69 Å². The zero-order valence-corrected chi connectivity index (χ0v) is 20.6. The zero-order chi connectivity index (χ0) is 25.8. The molecule has 5 aromatic rings. The Hall–Kier alpha value is -4.55. The van der Waals surface area contributed by atoms with E-state index in [1.54, 1.807) is 55.5 Å².